The topological polar surface area (TPSA) is 12.0 Å². The second-order valence-corrected chi connectivity index (χ2v) is 4.15. The summed E-state index contributed by atoms with van der Waals surface area (Å²) in [6, 6.07) is 12.7. The summed E-state index contributed by atoms with van der Waals surface area (Å²) in [4.78, 5) is 0. The molecule has 0 aromatic heterocycles. The van der Waals surface area contributed by atoms with Gasteiger partial charge >= 0.3 is 0 Å². The molecule has 0 atom stereocenters. The molecule has 2 heteroatoms. The van der Waals surface area contributed by atoms with Gasteiger partial charge in [-0.15, -0.1) is 0 Å². The van der Waals surface area contributed by atoms with Crippen molar-refractivity contribution < 1.29 is 0 Å². The number of benzene rings is 2. The third-order valence-corrected chi connectivity index (χ3v) is 2.68. The van der Waals surface area contributed by atoms with Crippen LogP contribution in [-0.2, 0) is 0 Å². The van der Waals surface area contributed by atoms with Crippen LogP contribution in [0.15, 0.2) is 40.9 Å². The van der Waals surface area contributed by atoms with Crippen LogP contribution in [0.25, 0.3) is 10.8 Å². The smallest absolute Gasteiger partial charge is 0.0346 e. The van der Waals surface area contributed by atoms with Gasteiger partial charge in [-0.2, -0.15) is 0 Å². The van der Waals surface area contributed by atoms with Crippen LogP contribution in [0, 0.1) is 0 Å². The van der Waals surface area contributed by atoms with Gasteiger partial charge in [-0.05, 0) is 42.0 Å². The molecule has 72 valence electrons. The summed E-state index contributed by atoms with van der Waals surface area (Å²) < 4.78 is 1.13. The van der Waals surface area contributed by atoms with Gasteiger partial charge in [-0.25, -0.2) is 0 Å². The Morgan fingerprint density at radius 3 is 2.57 bits per heavy atom. The minimum atomic E-state index is 0.960. The maximum atomic E-state index is 3.47. The van der Waals surface area contributed by atoms with Gasteiger partial charge in [0.2, 0.25) is 0 Å². The second kappa shape index (κ2) is 4.01. The number of nitrogens with one attached hydrogen (secondary N) is 1. The van der Waals surface area contributed by atoms with E-state index in [2.05, 4.69) is 64.6 Å². The first-order chi connectivity index (χ1) is 6.79. The predicted octanol–water partition coefficient (Wildman–Crippen LogP) is 4.03. The highest BCUT2D eigenvalue weighted by Gasteiger charge is 1.95. The van der Waals surface area contributed by atoms with Crippen LogP contribution in [0.3, 0.4) is 0 Å². The van der Waals surface area contributed by atoms with E-state index in [0.717, 1.165) is 11.0 Å². The van der Waals surface area contributed by atoms with E-state index in [1.54, 1.807) is 0 Å². The molecule has 0 aliphatic carbocycles. The van der Waals surface area contributed by atoms with Gasteiger partial charge in [0.15, 0.2) is 0 Å². The van der Waals surface area contributed by atoms with Gasteiger partial charge in [0.05, 0.1) is 0 Å². The van der Waals surface area contributed by atoms with Gasteiger partial charge < -0.3 is 5.32 Å². The Morgan fingerprint density at radius 2 is 1.79 bits per heavy atom. The van der Waals surface area contributed by atoms with Crippen LogP contribution in [0.2, 0.25) is 0 Å². The summed E-state index contributed by atoms with van der Waals surface area (Å²) in [5, 5.41) is 5.84. The summed E-state index contributed by atoms with van der Waals surface area (Å²) in [6.07, 6.45) is 0. The van der Waals surface area contributed by atoms with Crippen LogP contribution in [0.1, 0.15) is 6.92 Å². The molecule has 0 aliphatic rings. The van der Waals surface area contributed by atoms with E-state index in [9.17, 15) is 0 Å². The van der Waals surface area contributed by atoms with E-state index in [0.29, 0.717) is 0 Å². The number of fused-ring (bicyclic) bond motifs is 1. The van der Waals surface area contributed by atoms with Crippen molar-refractivity contribution >= 4 is 32.4 Å². The van der Waals surface area contributed by atoms with Crippen LogP contribution in [0.5, 0.6) is 0 Å². The largest absolute Gasteiger partial charge is 0.385 e. The lowest BCUT2D eigenvalue weighted by molar-refractivity contribution is 1.21. The van der Waals surface area contributed by atoms with E-state index in [4.69, 9.17) is 0 Å². The van der Waals surface area contributed by atoms with Crippen LogP contribution >= 0.6 is 15.9 Å². The van der Waals surface area contributed by atoms with Crippen molar-refractivity contribution in [2.75, 3.05) is 11.9 Å². The highest BCUT2D eigenvalue weighted by atomic mass is 79.9. The maximum Gasteiger partial charge on any atom is 0.0346 e. The van der Waals surface area contributed by atoms with Gasteiger partial charge in [0, 0.05) is 16.7 Å². The zero-order valence-corrected chi connectivity index (χ0v) is 9.64. The molecule has 0 spiro atoms. The average molecular weight is 250 g/mol. The molecule has 14 heavy (non-hydrogen) atoms. The van der Waals surface area contributed by atoms with Crippen molar-refractivity contribution in [3.05, 3.63) is 40.9 Å². The molecule has 0 unspecified atom stereocenters. The lowest BCUT2D eigenvalue weighted by atomic mass is 10.1. The van der Waals surface area contributed by atoms with E-state index < -0.39 is 0 Å². The molecule has 0 fully saturated rings. The van der Waals surface area contributed by atoms with Crippen molar-refractivity contribution in [3.63, 3.8) is 0 Å². The summed E-state index contributed by atoms with van der Waals surface area (Å²) in [5.41, 5.74) is 1.18. The number of rotatable bonds is 2. The Balaban J connectivity index is 2.50. The third-order valence-electron chi connectivity index (χ3n) is 2.18. The molecule has 1 nitrogen and oxygen atoms in total. The zero-order chi connectivity index (χ0) is 9.97. The van der Waals surface area contributed by atoms with Gasteiger partial charge in [-0.3, -0.25) is 0 Å². The molecule has 0 saturated carbocycles. The summed E-state index contributed by atoms with van der Waals surface area (Å²) >= 11 is 3.47. The second-order valence-electron chi connectivity index (χ2n) is 3.24. The van der Waals surface area contributed by atoms with E-state index >= 15 is 0 Å². The Kier molecular flexibility index (Phi) is 2.73. The maximum absolute atomic E-state index is 3.47. The summed E-state index contributed by atoms with van der Waals surface area (Å²) in [5.74, 6) is 0. The van der Waals surface area contributed by atoms with Crippen LogP contribution < -0.4 is 5.32 Å². The minimum absolute atomic E-state index is 0.960. The molecule has 0 amide bonds. The molecule has 2 aromatic carbocycles. The summed E-state index contributed by atoms with van der Waals surface area (Å²) in [6.45, 7) is 3.06. The first-order valence-corrected chi connectivity index (χ1v) is 5.52. The molecule has 0 aliphatic heterocycles. The van der Waals surface area contributed by atoms with Crippen molar-refractivity contribution in [2.24, 2.45) is 0 Å². The predicted molar refractivity (Wildman–Crippen MR) is 65.8 cm³/mol. The Bertz CT molecular complexity index is 451. The number of hydrogen-bond acceptors (Lipinski definition) is 1. The third kappa shape index (κ3) is 1.90. The quantitative estimate of drug-likeness (QED) is 0.848. The van der Waals surface area contributed by atoms with E-state index in [-0.39, 0.29) is 0 Å². The van der Waals surface area contributed by atoms with Crippen molar-refractivity contribution in [1.29, 1.82) is 0 Å². The molecule has 2 aromatic rings. The van der Waals surface area contributed by atoms with E-state index in [1.165, 1.54) is 16.5 Å². The SMILES string of the molecule is CCNc1ccc2cc(Br)ccc2c1. The number of anilines is 1. The highest BCUT2D eigenvalue weighted by Crippen LogP contribution is 2.22. The van der Waals surface area contributed by atoms with Gasteiger partial charge in [-0.1, -0.05) is 28.1 Å². The van der Waals surface area contributed by atoms with Crippen LogP contribution in [-0.4, -0.2) is 6.54 Å². The van der Waals surface area contributed by atoms with Crippen molar-refractivity contribution in [2.45, 2.75) is 6.92 Å². The Morgan fingerprint density at radius 1 is 1.07 bits per heavy atom. The normalized spacial score (nSPS) is 10.4. The van der Waals surface area contributed by atoms with Crippen molar-refractivity contribution in [3.8, 4) is 0 Å². The molecule has 0 radical (unpaired) electrons. The Hall–Kier alpha value is -1.02. The molecular formula is C12H12BrN. The summed E-state index contributed by atoms with van der Waals surface area (Å²) in [7, 11) is 0. The van der Waals surface area contributed by atoms with Crippen LogP contribution in [0.4, 0.5) is 5.69 Å². The first-order valence-electron chi connectivity index (χ1n) is 4.73. The fourth-order valence-electron chi connectivity index (χ4n) is 1.53. The number of halogens is 1. The molecule has 1 N–H and O–H groups in total. The van der Waals surface area contributed by atoms with Gasteiger partial charge in [0.1, 0.15) is 0 Å². The zero-order valence-electron chi connectivity index (χ0n) is 8.05. The molecular weight excluding hydrogens is 238 g/mol. The minimum Gasteiger partial charge on any atom is -0.385 e. The first kappa shape index (κ1) is 9.53. The monoisotopic (exact) mass is 249 g/mol. The lowest BCUT2D eigenvalue weighted by Crippen LogP contribution is -1.95. The molecule has 2 rings (SSSR count). The standard InChI is InChI=1S/C12H12BrN/c1-2-14-12-6-4-9-7-11(13)5-3-10(9)8-12/h3-8,14H,2H2,1H3. The molecule has 0 heterocycles. The lowest BCUT2D eigenvalue weighted by Gasteiger charge is -2.04. The molecule has 0 saturated heterocycles. The van der Waals surface area contributed by atoms with E-state index in [1.807, 2.05) is 0 Å². The van der Waals surface area contributed by atoms with Gasteiger partial charge in [0.25, 0.3) is 0 Å². The number of hydrogen-bond donors (Lipinski definition) is 1. The Labute approximate surface area is 92.3 Å². The fourth-order valence-corrected chi connectivity index (χ4v) is 1.91. The average Bonchev–Trinajstić information content (AvgIpc) is 2.19. The highest BCUT2D eigenvalue weighted by molar-refractivity contribution is 9.10. The fraction of sp³-hybridized carbons (Fsp3) is 0.167. The van der Waals surface area contributed by atoms with Crippen molar-refractivity contribution in [1.82, 2.24) is 0 Å². The molecule has 0 bridgehead atoms.